The number of rotatable bonds is 8. The molecule has 0 radical (unpaired) electrons. The van der Waals surface area contributed by atoms with Gasteiger partial charge in [-0.3, -0.25) is 9.59 Å². The number of anilines is 2. The van der Waals surface area contributed by atoms with Crippen LogP contribution in [0.5, 0.6) is 5.75 Å². The Bertz CT molecular complexity index is 953. The molecule has 29 heavy (non-hydrogen) atoms. The Morgan fingerprint density at radius 3 is 2.21 bits per heavy atom. The Balaban J connectivity index is 1.53. The molecule has 0 aliphatic rings. The van der Waals surface area contributed by atoms with Crippen molar-refractivity contribution in [2.45, 2.75) is 19.8 Å². The summed E-state index contributed by atoms with van der Waals surface area (Å²) in [7, 11) is 0. The van der Waals surface area contributed by atoms with Crippen LogP contribution >= 0.6 is 0 Å². The van der Waals surface area contributed by atoms with Crippen molar-refractivity contribution in [2.24, 2.45) is 0 Å². The van der Waals surface area contributed by atoms with Gasteiger partial charge in [-0.25, -0.2) is 0 Å². The lowest BCUT2D eigenvalue weighted by Gasteiger charge is -2.10. The number of carbonyl (C=O) groups is 2. The standard InChI is InChI=1S/C24H24N2O3/c1-2-23(27)25-20-9-6-10-21(17-20)26-24(28)19-11-13-22(14-12-19)29-16-15-18-7-4-3-5-8-18/h3-14,17H,2,15-16H2,1H3,(H,25,27)(H,26,28). The number of benzene rings is 3. The Morgan fingerprint density at radius 2 is 1.52 bits per heavy atom. The lowest BCUT2D eigenvalue weighted by molar-refractivity contribution is -0.115. The van der Waals surface area contributed by atoms with Gasteiger partial charge in [-0.15, -0.1) is 0 Å². The fourth-order valence-electron chi connectivity index (χ4n) is 2.76. The highest BCUT2D eigenvalue weighted by Gasteiger charge is 2.08. The summed E-state index contributed by atoms with van der Waals surface area (Å²) in [5, 5.41) is 5.62. The van der Waals surface area contributed by atoms with Crippen LogP contribution in [0.25, 0.3) is 0 Å². The molecule has 3 aromatic rings. The maximum absolute atomic E-state index is 12.5. The minimum absolute atomic E-state index is 0.0728. The summed E-state index contributed by atoms with van der Waals surface area (Å²) in [6, 6.07) is 24.3. The topological polar surface area (TPSA) is 67.4 Å². The summed E-state index contributed by atoms with van der Waals surface area (Å²) in [4.78, 5) is 24.0. The first-order valence-corrected chi connectivity index (χ1v) is 9.62. The minimum Gasteiger partial charge on any atom is -0.493 e. The van der Waals surface area contributed by atoms with Crippen LogP contribution in [0.3, 0.4) is 0 Å². The van der Waals surface area contributed by atoms with Gasteiger partial charge in [0.05, 0.1) is 6.61 Å². The molecule has 0 spiro atoms. The SMILES string of the molecule is CCC(=O)Nc1cccc(NC(=O)c2ccc(OCCc3ccccc3)cc2)c1. The van der Waals surface area contributed by atoms with Crippen LogP contribution in [0.15, 0.2) is 78.9 Å². The third-order valence-corrected chi connectivity index (χ3v) is 4.34. The second-order valence-corrected chi connectivity index (χ2v) is 6.55. The monoisotopic (exact) mass is 388 g/mol. The second-order valence-electron chi connectivity index (χ2n) is 6.55. The van der Waals surface area contributed by atoms with Crippen LogP contribution in [-0.2, 0) is 11.2 Å². The molecule has 0 bridgehead atoms. The van der Waals surface area contributed by atoms with Crippen molar-refractivity contribution < 1.29 is 14.3 Å². The zero-order valence-electron chi connectivity index (χ0n) is 16.4. The van der Waals surface area contributed by atoms with Crippen LogP contribution < -0.4 is 15.4 Å². The van der Waals surface area contributed by atoms with Crippen LogP contribution in [0.1, 0.15) is 29.3 Å². The summed E-state index contributed by atoms with van der Waals surface area (Å²) in [5.41, 5.74) is 3.02. The highest BCUT2D eigenvalue weighted by Crippen LogP contribution is 2.18. The van der Waals surface area contributed by atoms with Gasteiger partial charge >= 0.3 is 0 Å². The van der Waals surface area contributed by atoms with E-state index >= 15 is 0 Å². The smallest absolute Gasteiger partial charge is 0.255 e. The van der Waals surface area contributed by atoms with E-state index in [1.54, 1.807) is 55.5 Å². The highest BCUT2D eigenvalue weighted by molar-refractivity contribution is 6.04. The Kier molecular flexibility index (Phi) is 7.00. The van der Waals surface area contributed by atoms with Gasteiger partial charge in [0.2, 0.25) is 5.91 Å². The van der Waals surface area contributed by atoms with Gasteiger partial charge < -0.3 is 15.4 Å². The van der Waals surface area contributed by atoms with Crippen molar-refractivity contribution in [3.05, 3.63) is 90.0 Å². The third kappa shape index (κ3) is 6.21. The largest absolute Gasteiger partial charge is 0.493 e. The van der Waals surface area contributed by atoms with Gasteiger partial charge in [0.1, 0.15) is 5.75 Å². The molecule has 5 nitrogen and oxygen atoms in total. The van der Waals surface area contributed by atoms with Gasteiger partial charge in [-0.05, 0) is 48.0 Å². The van der Waals surface area contributed by atoms with E-state index in [4.69, 9.17) is 4.74 Å². The van der Waals surface area contributed by atoms with Crippen molar-refractivity contribution in [1.82, 2.24) is 0 Å². The average molecular weight is 388 g/mol. The lowest BCUT2D eigenvalue weighted by Crippen LogP contribution is -2.13. The van der Waals surface area contributed by atoms with E-state index in [0.29, 0.717) is 30.0 Å². The molecule has 148 valence electrons. The quantitative estimate of drug-likeness (QED) is 0.576. The van der Waals surface area contributed by atoms with Crippen LogP contribution in [-0.4, -0.2) is 18.4 Å². The molecule has 0 heterocycles. The van der Waals surface area contributed by atoms with Gasteiger partial charge in [-0.1, -0.05) is 43.3 Å². The van der Waals surface area contributed by atoms with E-state index in [-0.39, 0.29) is 11.8 Å². The number of nitrogens with one attached hydrogen (secondary N) is 2. The van der Waals surface area contributed by atoms with E-state index in [9.17, 15) is 9.59 Å². The molecule has 2 amide bonds. The number of hydrogen-bond acceptors (Lipinski definition) is 3. The first kappa shape index (κ1) is 20.1. The first-order chi connectivity index (χ1) is 14.1. The normalized spacial score (nSPS) is 10.2. The maximum Gasteiger partial charge on any atom is 0.255 e. The van der Waals surface area contributed by atoms with Crippen molar-refractivity contribution in [1.29, 1.82) is 0 Å². The molecule has 0 unspecified atom stereocenters. The number of ether oxygens (including phenoxy) is 1. The Morgan fingerprint density at radius 1 is 0.828 bits per heavy atom. The first-order valence-electron chi connectivity index (χ1n) is 9.62. The molecule has 0 aromatic heterocycles. The summed E-state index contributed by atoms with van der Waals surface area (Å²) in [6.07, 6.45) is 1.23. The molecule has 0 fully saturated rings. The van der Waals surface area contributed by atoms with E-state index < -0.39 is 0 Å². The molecule has 5 heteroatoms. The fraction of sp³-hybridized carbons (Fsp3) is 0.167. The maximum atomic E-state index is 12.5. The van der Waals surface area contributed by atoms with Crippen molar-refractivity contribution in [3.8, 4) is 5.75 Å². The van der Waals surface area contributed by atoms with Gasteiger partial charge in [0, 0.05) is 29.8 Å². The van der Waals surface area contributed by atoms with Crippen molar-refractivity contribution in [2.75, 3.05) is 17.2 Å². The predicted octanol–water partition coefficient (Wildman–Crippen LogP) is 4.91. The van der Waals surface area contributed by atoms with E-state index in [1.807, 2.05) is 18.2 Å². The zero-order valence-corrected chi connectivity index (χ0v) is 16.4. The molecule has 0 aliphatic heterocycles. The zero-order chi connectivity index (χ0) is 20.5. The Labute approximate surface area is 170 Å². The fourth-order valence-corrected chi connectivity index (χ4v) is 2.76. The van der Waals surface area contributed by atoms with E-state index in [1.165, 1.54) is 5.56 Å². The molecule has 3 rings (SSSR count). The van der Waals surface area contributed by atoms with E-state index in [2.05, 4.69) is 22.8 Å². The summed E-state index contributed by atoms with van der Waals surface area (Å²) in [5.74, 6) is 0.429. The van der Waals surface area contributed by atoms with Crippen molar-refractivity contribution >= 4 is 23.2 Å². The van der Waals surface area contributed by atoms with E-state index in [0.717, 1.165) is 12.2 Å². The molecular weight excluding hydrogens is 364 g/mol. The predicted molar refractivity (Wildman–Crippen MR) is 115 cm³/mol. The summed E-state index contributed by atoms with van der Waals surface area (Å²) in [6.45, 7) is 2.36. The van der Waals surface area contributed by atoms with Gasteiger partial charge in [0.15, 0.2) is 0 Å². The third-order valence-electron chi connectivity index (χ3n) is 4.34. The minimum atomic E-state index is -0.222. The highest BCUT2D eigenvalue weighted by atomic mass is 16.5. The molecule has 0 saturated carbocycles. The second kappa shape index (κ2) is 10.1. The molecule has 0 saturated heterocycles. The lowest BCUT2D eigenvalue weighted by atomic mass is 10.1. The number of amides is 2. The van der Waals surface area contributed by atoms with Crippen molar-refractivity contribution in [3.63, 3.8) is 0 Å². The molecule has 0 atom stereocenters. The van der Waals surface area contributed by atoms with Gasteiger partial charge in [0.25, 0.3) is 5.91 Å². The molecular formula is C24H24N2O3. The molecule has 2 N–H and O–H groups in total. The molecule has 3 aromatic carbocycles. The summed E-state index contributed by atoms with van der Waals surface area (Å²) < 4.78 is 5.75. The number of carbonyl (C=O) groups excluding carboxylic acids is 2. The van der Waals surface area contributed by atoms with Gasteiger partial charge in [-0.2, -0.15) is 0 Å². The van der Waals surface area contributed by atoms with Crippen LogP contribution in [0.4, 0.5) is 11.4 Å². The number of hydrogen-bond donors (Lipinski definition) is 2. The Hall–Kier alpha value is -3.60. The average Bonchev–Trinajstić information content (AvgIpc) is 2.75. The van der Waals surface area contributed by atoms with Crippen LogP contribution in [0.2, 0.25) is 0 Å². The van der Waals surface area contributed by atoms with Crippen LogP contribution in [0, 0.1) is 0 Å². The molecule has 0 aliphatic carbocycles. The summed E-state index contributed by atoms with van der Waals surface area (Å²) >= 11 is 0.